The van der Waals surface area contributed by atoms with E-state index in [0.29, 0.717) is 0 Å². The van der Waals surface area contributed by atoms with Crippen molar-refractivity contribution in [2.24, 2.45) is 5.92 Å². The molecule has 1 aliphatic heterocycles. The van der Waals surface area contributed by atoms with Gasteiger partial charge in [0.1, 0.15) is 0 Å². The maximum Gasteiger partial charge on any atom is 0.243 e. The first kappa shape index (κ1) is 17.4. The van der Waals surface area contributed by atoms with Crippen LogP contribution in [0.3, 0.4) is 0 Å². The molecule has 0 saturated heterocycles. The first-order valence-electron chi connectivity index (χ1n) is 8.28. The Kier molecular flexibility index (Phi) is 5.23. The monoisotopic (exact) mass is 363 g/mol. The van der Waals surface area contributed by atoms with Crippen LogP contribution in [0.4, 0.5) is 5.13 Å². The SMILES string of the molecule is CC1CCc2nc(NC(=O)C3Cc4ccccc4CN3)sc2C1.Cl. The topological polar surface area (TPSA) is 54.0 Å². The zero-order chi connectivity index (χ0) is 15.8. The molecular weight excluding hydrogens is 342 g/mol. The van der Waals surface area contributed by atoms with E-state index in [9.17, 15) is 4.79 Å². The predicted octanol–water partition coefficient (Wildman–Crippen LogP) is 3.34. The first-order valence-corrected chi connectivity index (χ1v) is 9.10. The van der Waals surface area contributed by atoms with Crippen LogP contribution in [0, 0.1) is 5.92 Å². The van der Waals surface area contributed by atoms with E-state index in [2.05, 4.69) is 34.7 Å². The standard InChI is InChI=1S/C18H21N3OS.ClH/c1-11-6-7-14-16(8-11)23-18(20-14)21-17(22)15-9-12-4-2-3-5-13(12)10-19-15;/h2-5,11,15,19H,6-10H2,1H3,(H,20,21,22);1H. The molecule has 1 amide bonds. The predicted molar refractivity (Wildman–Crippen MR) is 100.0 cm³/mol. The van der Waals surface area contributed by atoms with Gasteiger partial charge in [0, 0.05) is 11.4 Å². The van der Waals surface area contributed by atoms with Crippen molar-refractivity contribution in [1.82, 2.24) is 10.3 Å². The normalized spacial score (nSPS) is 22.0. The number of anilines is 1. The van der Waals surface area contributed by atoms with Crippen LogP contribution >= 0.6 is 23.7 Å². The van der Waals surface area contributed by atoms with Crippen molar-refractivity contribution in [1.29, 1.82) is 0 Å². The summed E-state index contributed by atoms with van der Waals surface area (Å²) in [6.07, 6.45) is 4.07. The van der Waals surface area contributed by atoms with Crippen molar-refractivity contribution in [3.63, 3.8) is 0 Å². The highest BCUT2D eigenvalue weighted by Crippen LogP contribution is 2.32. The van der Waals surface area contributed by atoms with Crippen LogP contribution < -0.4 is 10.6 Å². The van der Waals surface area contributed by atoms with Crippen LogP contribution in [0.15, 0.2) is 24.3 Å². The highest BCUT2D eigenvalue weighted by Gasteiger charge is 2.26. The first-order chi connectivity index (χ1) is 11.2. The number of carbonyl (C=O) groups is 1. The van der Waals surface area contributed by atoms with Gasteiger partial charge in [0.25, 0.3) is 0 Å². The lowest BCUT2D eigenvalue weighted by Crippen LogP contribution is -2.44. The third kappa shape index (κ3) is 3.48. The Morgan fingerprint density at radius 1 is 1.29 bits per heavy atom. The average Bonchev–Trinajstić information content (AvgIpc) is 2.95. The number of hydrogen-bond donors (Lipinski definition) is 2. The molecular formula is C18H22ClN3OS. The quantitative estimate of drug-likeness (QED) is 0.860. The van der Waals surface area contributed by atoms with Crippen LogP contribution in [0.2, 0.25) is 0 Å². The Balaban J connectivity index is 0.00000169. The van der Waals surface area contributed by atoms with E-state index in [1.807, 2.05) is 12.1 Å². The molecule has 0 fully saturated rings. The number of aromatic nitrogens is 1. The van der Waals surface area contributed by atoms with Gasteiger partial charge in [-0.05, 0) is 42.7 Å². The number of amides is 1. The maximum absolute atomic E-state index is 12.5. The fourth-order valence-electron chi connectivity index (χ4n) is 3.43. The molecule has 1 aliphatic carbocycles. The Bertz CT molecular complexity index is 746. The largest absolute Gasteiger partial charge is 0.301 e. The number of rotatable bonds is 2. The van der Waals surface area contributed by atoms with Crippen molar-refractivity contribution in [3.8, 4) is 0 Å². The zero-order valence-corrected chi connectivity index (χ0v) is 15.3. The molecule has 1 aromatic heterocycles. The van der Waals surface area contributed by atoms with E-state index in [1.54, 1.807) is 11.3 Å². The lowest BCUT2D eigenvalue weighted by molar-refractivity contribution is -0.118. The van der Waals surface area contributed by atoms with E-state index in [1.165, 1.54) is 28.1 Å². The molecule has 128 valence electrons. The minimum atomic E-state index is -0.176. The van der Waals surface area contributed by atoms with Crippen LogP contribution in [0.1, 0.15) is 35.0 Å². The molecule has 2 N–H and O–H groups in total. The third-order valence-electron chi connectivity index (χ3n) is 4.81. The summed E-state index contributed by atoms with van der Waals surface area (Å²) < 4.78 is 0. The molecule has 2 heterocycles. The van der Waals surface area contributed by atoms with Crippen LogP contribution in [-0.4, -0.2) is 16.9 Å². The van der Waals surface area contributed by atoms with Crippen molar-refractivity contribution in [3.05, 3.63) is 46.0 Å². The molecule has 0 radical (unpaired) electrons. The summed E-state index contributed by atoms with van der Waals surface area (Å²) in [5.74, 6) is 0.752. The Labute approximate surface area is 152 Å². The second-order valence-electron chi connectivity index (χ2n) is 6.63. The van der Waals surface area contributed by atoms with E-state index in [-0.39, 0.29) is 24.4 Å². The number of thiazole rings is 1. The molecule has 0 saturated carbocycles. The second-order valence-corrected chi connectivity index (χ2v) is 7.72. The van der Waals surface area contributed by atoms with Gasteiger partial charge in [0.2, 0.25) is 5.91 Å². The molecule has 0 bridgehead atoms. The lowest BCUT2D eigenvalue weighted by Gasteiger charge is -2.24. The van der Waals surface area contributed by atoms with Crippen molar-refractivity contribution in [2.75, 3.05) is 5.32 Å². The summed E-state index contributed by atoms with van der Waals surface area (Å²) in [6, 6.07) is 8.13. The molecule has 6 heteroatoms. The second kappa shape index (κ2) is 7.21. The van der Waals surface area contributed by atoms with E-state index in [0.717, 1.165) is 36.9 Å². The van der Waals surface area contributed by atoms with Crippen molar-refractivity contribution < 1.29 is 4.79 Å². The Morgan fingerprint density at radius 3 is 2.92 bits per heavy atom. The number of fused-ring (bicyclic) bond motifs is 2. The molecule has 2 aromatic rings. The Hall–Kier alpha value is -1.43. The van der Waals surface area contributed by atoms with Gasteiger partial charge in [-0.25, -0.2) is 4.98 Å². The zero-order valence-electron chi connectivity index (χ0n) is 13.7. The molecule has 0 spiro atoms. The number of nitrogens with zero attached hydrogens (tertiary/aromatic N) is 1. The molecule has 4 nitrogen and oxygen atoms in total. The fraction of sp³-hybridized carbons (Fsp3) is 0.444. The highest BCUT2D eigenvalue weighted by atomic mass is 35.5. The summed E-state index contributed by atoms with van der Waals surface area (Å²) in [4.78, 5) is 18.5. The summed E-state index contributed by atoms with van der Waals surface area (Å²) in [6.45, 7) is 3.03. The van der Waals surface area contributed by atoms with Gasteiger partial charge in [0.05, 0.1) is 11.7 Å². The smallest absolute Gasteiger partial charge is 0.243 e. The van der Waals surface area contributed by atoms with E-state index in [4.69, 9.17) is 0 Å². The summed E-state index contributed by atoms with van der Waals surface area (Å²) in [5, 5.41) is 7.11. The molecule has 2 aliphatic rings. The number of nitrogens with one attached hydrogen (secondary N) is 2. The fourth-order valence-corrected chi connectivity index (χ4v) is 4.60. The summed E-state index contributed by atoms with van der Waals surface area (Å²) >= 11 is 1.65. The molecule has 2 atom stereocenters. The number of aryl methyl sites for hydroxylation is 1. The third-order valence-corrected chi connectivity index (χ3v) is 5.85. The van der Waals surface area contributed by atoms with E-state index < -0.39 is 0 Å². The number of hydrogen-bond acceptors (Lipinski definition) is 4. The molecule has 2 unspecified atom stereocenters. The minimum Gasteiger partial charge on any atom is -0.301 e. The summed E-state index contributed by atoms with van der Waals surface area (Å²) in [7, 11) is 0. The van der Waals surface area contributed by atoms with Crippen molar-refractivity contribution >= 4 is 34.8 Å². The van der Waals surface area contributed by atoms with Gasteiger partial charge in [-0.3, -0.25) is 4.79 Å². The van der Waals surface area contributed by atoms with Gasteiger partial charge in [-0.15, -0.1) is 23.7 Å². The van der Waals surface area contributed by atoms with Crippen molar-refractivity contribution in [2.45, 2.75) is 45.2 Å². The molecule has 4 rings (SSSR count). The van der Waals surface area contributed by atoms with Gasteiger partial charge in [0.15, 0.2) is 5.13 Å². The van der Waals surface area contributed by atoms with Crippen LogP contribution in [0.5, 0.6) is 0 Å². The average molecular weight is 364 g/mol. The number of carbonyl (C=O) groups excluding carboxylic acids is 1. The molecule has 1 aromatic carbocycles. The van der Waals surface area contributed by atoms with Gasteiger partial charge in [-0.1, -0.05) is 31.2 Å². The highest BCUT2D eigenvalue weighted by molar-refractivity contribution is 7.15. The Morgan fingerprint density at radius 2 is 2.08 bits per heavy atom. The van der Waals surface area contributed by atoms with Gasteiger partial charge < -0.3 is 10.6 Å². The van der Waals surface area contributed by atoms with Crippen LogP contribution in [0.25, 0.3) is 0 Å². The number of halogens is 1. The van der Waals surface area contributed by atoms with Crippen LogP contribution in [-0.2, 0) is 30.6 Å². The van der Waals surface area contributed by atoms with Gasteiger partial charge in [-0.2, -0.15) is 0 Å². The molecule has 24 heavy (non-hydrogen) atoms. The maximum atomic E-state index is 12.5. The minimum absolute atomic E-state index is 0. The van der Waals surface area contributed by atoms with Gasteiger partial charge >= 0.3 is 0 Å². The van der Waals surface area contributed by atoms with E-state index >= 15 is 0 Å². The number of benzene rings is 1. The lowest BCUT2D eigenvalue weighted by atomic mass is 9.93. The summed E-state index contributed by atoms with van der Waals surface area (Å²) in [5.41, 5.74) is 3.74.